The van der Waals surface area contributed by atoms with Gasteiger partial charge in [-0.2, -0.15) is 0 Å². The molecule has 192 valence electrons. The topological polar surface area (TPSA) is 97.0 Å². The number of benzene rings is 2. The Bertz CT molecular complexity index is 1140. The normalized spacial score (nSPS) is 21.5. The van der Waals surface area contributed by atoms with Crippen LogP contribution in [0.2, 0.25) is 0 Å². The van der Waals surface area contributed by atoms with Crippen LogP contribution < -0.4 is 15.4 Å². The van der Waals surface area contributed by atoms with E-state index in [-0.39, 0.29) is 67.3 Å². The summed E-state index contributed by atoms with van der Waals surface area (Å²) < 4.78 is 25.5. The molecule has 0 bridgehead atoms. The third-order valence-corrected chi connectivity index (χ3v) is 6.60. The number of anilines is 1. The zero-order chi connectivity index (χ0) is 25.8. The molecule has 3 amide bonds. The summed E-state index contributed by atoms with van der Waals surface area (Å²) in [7, 11) is 1.74. The number of hydrogen-bond donors (Lipinski definition) is 2. The lowest BCUT2D eigenvalue weighted by Gasteiger charge is -2.42. The van der Waals surface area contributed by atoms with Crippen molar-refractivity contribution in [2.45, 2.75) is 57.9 Å². The van der Waals surface area contributed by atoms with Crippen LogP contribution in [0.25, 0.3) is 0 Å². The number of hydrogen-bond acceptors (Lipinski definition) is 5. The van der Waals surface area contributed by atoms with E-state index in [0.717, 1.165) is 0 Å². The number of halogens is 1. The first-order valence-corrected chi connectivity index (χ1v) is 12.2. The van der Waals surface area contributed by atoms with E-state index in [9.17, 15) is 18.8 Å². The van der Waals surface area contributed by atoms with E-state index in [2.05, 4.69) is 10.6 Å². The van der Waals surface area contributed by atoms with Crippen molar-refractivity contribution in [3.05, 3.63) is 59.4 Å². The number of ether oxygens (including phenoxy) is 2. The molecule has 8 nitrogen and oxygen atoms in total. The maximum atomic E-state index is 13.3. The first kappa shape index (κ1) is 25.6. The molecule has 1 saturated heterocycles. The summed E-state index contributed by atoms with van der Waals surface area (Å²) in [5.74, 6) is -0.626. The number of fused-ring (bicyclic) bond motifs is 2. The second-order valence-electron chi connectivity index (χ2n) is 9.63. The van der Waals surface area contributed by atoms with Gasteiger partial charge < -0.3 is 25.0 Å². The molecule has 2 heterocycles. The Labute approximate surface area is 210 Å². The van der Waals surface area contributed by atoms with Crippen LogP contribution in [-0.4, -0.2) is 54.5 Å². The van der Waals surface area contributed by atoms with E-state index in [1.165, 1.54) is 12.1 Å². The molecule has 2 N–H and O–H groups in total. The first-order chi connectivity index (χ1) is 17.2. The van der Waals surface area contributed by atoms with Gasteiger partial charge in [-0.1, -0.05) is 26.0 Å². The van der Waals surface area contributed by atoms with Crippen molar-refractivity contribution in [2.24, 2.45) is 5.92 Å². The van der Waals surface area contributed by atoms with Crippen molar-refractivity contribution in [2.75, 3.05) is 19.0 Å². The van der Waals surface area contributed by atoms with E-state index in [1.807, 2.05) is 0 Å². The highest BCUT2D eigenvalue weighted by Gasteiger charge is 2.39. The van der Waals surface area contributed by atoms with Crippen LogP contribution in [0.3, 0.4) is 0 Å². The molecule has 0 saturated carbocycles. The van der Waals surface area contributed by atoms with Crippen LogP contribution in [0.4, 0.5) is 10.1 Å². The Morgan fingerprint density at radius 2 is 1.97 bits per heavy atom. The van der Waals surface area contributed by atoms with Crippen LogP contribution in [0, 0.1) is 11.7 Å². The molecule has 9 heteroatoms. The lowest BCUT2D eigenvalue weighted by Crippen LogP contribution is -2.53. The monoisotopic (exact) mass is 497 g/mol. The van der Waals surface area contributed by atoms with Crippen molar-refractivity contribution in [1.29, 1.82) is 0 Å². The van der Waals surface area contributed by atoms with Gasteiger partial charge in [0.1, 0.15) is 24.3 Å². The number of likely N-dealkylation sites (N-methyl/N-ethyl adjacent to an activating group) is 1. The SMILES string of the molecule is CC(C)C(=O)Nc1ccc2c(c1)C(=O)N(C)[C@H]1CC[C@@H](CC(=O)NCc3cccc(F)c3)O[C@H]1CO2. The highest BCUT2D eigenvalue weighted by Crippen LogP contribution is 2.32. The molecule has 2 aromatic carbocycles. The average Bonchev–Trinajstić information content (AvgIpc) is 2.85. The molecule has 3 atom stereocenters. The number of rotatable bonds is 6. The Balaban J connectivity index is 1.38. The zero-order valence-corrected chi connectivity index (χ0v) is 20.8. The molecule has 0 aliphatic carbocycles. The fourth-order valence-electron chi connectivity index (χ4n) is 4.52. The second kappa shape index (κ2) is 11.1. The van der Waals surface area contributed by atoms with Gasteiger partial charge in [-0.05, 0) is 48.7 Å². The summed E-state index contributed by atoms with van der Waals surface area (Å²) in [5.41, 5.74) is 1.61. The summed E-state index contributed by atoms with van der Waals surface area (Å²) in [4.78, 5) is 39.5. The van der Waals surface area contributed by atoms with E-state index in [0.29, 0.717) is 35.4 Å². The Hall–Kier alpha value is -3.46. The lowest BCUT2D eigenvalue weighted by atomic mass is 9.94. The highest BCUT2D eigenvalue weighted by atomic mass is 19.1. The summed E-state index contributed by atoms with van der Waals surface area (Å²) in [6.07, 6.45) is 0.757. The van der Waals surface area contributed by atoms with Crippen molar-refractivity contribution in [3.63, 3.8) is 0 Å². The van der Waals surface area contributed by atoms with Gasteiger partial charge in [0.05, 0.1) is 24.1 Å². The molecule has 4 rings (SSSR count). The molecule has 1 fully saturated rings. The van der Waals surface area contributed by atoms with Crippen molar-refractivity contribution >= 4 is 23.4 Å². The largest absolute Gasteiger partial charge is 0.490 e. The van der Waals surface area contributed by atoms with Crippen molar-refractivity contribution < 1.29 is 28.2 Å². The smallest absolute Gasteiger partial charge is 0.257 e. The van der Waals surface area contributed by atoms with E-state index in [1.54, 1.807) is 56.1 Å². The minimum absolute atomic E-state index is 0.130. The van der Waals surface area contributed by atoms with Gasteiger partial charge in [0.25, 0.3) is 5.91 Å². The fourth-order valence-corrected chi connectivity index (χ4v) is 4.52. The predicted octanol–water partition coefficient (Wildman–Crippen LogP) is 3.51. The van der Waals surface area contributed by atoms with Crippen molar-refractivity contribution in [3.8, 4) is 5.75 Å². The zero-order valence-electron chi connectivity index (χ0n) is 20.8. The van der Waals surface area contributed by atoms with Crippen LogP contribution in [0.15, 0.2) is 42.5 Å². The van der Waals surface area contributed by atoms with Gasteiger partial charge >= 0.3 is 0 Å². The third kappa shape index (κ3) is 6.02. The van der Waals surface area contributed by atoms with Gasteiger partial charge in [0.2, 0.25) is 11.8 Å². The molecule has 0 unspecified atom stereocenters. The molecule has 0 radical (unpaired) electrons. The number of nitrogens with one attached hydrogen (secondary N) is 2. The van der Waals surface area contributed by atoms with Gasteiger partial charge in [0, 0.05) is 25.2 Å². The molecule has 0 spiro atoms. The first-order valence-electron chi connectivity index (χ1n) is 12.2. The summed E-state index contributed by atoms with van der Waals surface area (Å²) in [5, 5.41) is 5.63. The lowest BCUT2D eigenvalue weighted by molar-refractivity contribution is -0.134. The standard InChI is InChI=1S/C27H32FN3O5/c1-16(2)26(33)30-19-7-10-23-21(12-19)27(34)31(3)22-9-8-20(36-24(22)15-35-23)13-25(32)29-14-17-5-4-6-18(28)11-17/h4-7,10-12,16,20,22,24H,8-9,13-15H2,1-3H3,(H,29,32)(H,30,33)/t20-,22-,24-/m0/s1. The van der Waals surface area contributed by atoms with Gasteiger partial charge in [0.15, 0.2) is 0 Å². The third-order valence-electron chi connectivity index (χ3n) is 6.60. The molecule has 2 aliphatic heterocycles. The van der Waals surface area contributed by atoms with Gasteiger partial charge in [-0.25, -0.2) is 4.39 Å². The molecule has 0 aromatic heterocycles. The Kier molecular flexibility index (Phi) is 7.88. The maximum Gasteiger partial charge on any atom is 0.257 e. The number of carbonyl (C=O) groups excluding carboxylic acids is 3. The molecule has 36 heavy (non-hydrogen) atoms. The number of carbonyl (C=O) groups is 3. The Morgan fingerprint density at radius 1 is 1.17 bits per heavy atom. The minimum atomic E-state index is -0.387. The van der Waals surface area contributed by atoms with Crippen LogP contribution in [0.5, 0.6) is 5.75 Å². The van der Waals surface area contributed by atoms with Crippen LogP contribution >= 0.6 is 0 Å². The predicted molar refractivity (Wildman–Crippen MR) is 132 cm³/mol. The fraction of sp³-hybridized carbons (Fsp3) is 0.444. The molecular formula is C27H32FN3O5. The maximum absolute atomic E-state index is 13.3. The van der Waals surface area contributed by atoms with Crippen LogP contribution in [0.1, 0.15) is 49.0 Å². The van der Waals surface area contributed by atoms with Gasteiger partial charge in [-0.15, -0.1) is 0 Å². The van der Waals surface area contributed by atoms with E-state index >= 15 is 0 Å². The Morgan fingerprint density at radius 3 is 2.72 bits per heavy atom. The molecular weight excluding hydrogens is 465 g/mol. The van der Waals surface area contributed by atoms with E-state index < -0.39 is 0 Å². The minimum Gasteiger partial charge on any atom is -0.490 e. The molecule has 2 aliphatic rings. The highest BCUT2D eigenvalue weighted by molar-refractivity contribution is 6.00. The molecule has 2 aromatic rings. The van der Waals surface area contributed by atoms with Crippen LogP contribution in [-0.2, 0) is 20.9 Å². The summed E-state index contributed by atoms with van der Waals surface area (Å²) in [6.45, 7) is 4.07. The average molecular weight is 498 g/mol. The summed E-state index contributed by atoms with van der Waals surface area (Å²) >= 11 is 0. The second-order valence-corrected chi connectivity index (χ2v) is 9.63. The van der Waals surface area contributed by atoms with Crippen molar-refractivity contribution in [1.82, 2.24) is 10.2 Å². The quantitative estimate of drug-likeness (QED) is 0.637. The van der Waals surface area contributed by atoms with Gasteiger partial charge in [-0.3, -0.25) is 14.4 Å². The summed E-state index contributed by atoms with van der Waals surface area (Å²) in [6, 6.07) is 10.9. The van der Waals surface area contributed by atoms with E-state index in [4.69, 9.17) is 9.47 Å². The number of amides is 3. The number of nitrogens with zero attached hydrogens (tertiary/aromatic N) is 1.